The molecule has 1 heterocycles. The van der Waals surface area contributed by atoms with E-state index in [-0.39, 0.29) is 12.1 Å². The van der Waals surface area contributed by atoms with Crippen LogP contribution in [0.25, 0.3) is 0 Å². The van der Waals surface area contributed by atoms with E-state index in [0.29, 0.717) is 19.3 Å². The van der Waals surface area contributed by atoms with E-state index in [2.05, 4.69) is 15.6 Å². The lowest BCUT2D eigenvalue weighted by Gasteiger charge is -2.16. The molecule has 1 aromatic rings. The van der Waals surface area contributed by atoms with Crippen LogP contribution in [-0.2, 0) is 4.74 Å². The third kappa shape index (κ3) is 6.01. The lowest BCUT2D eigenvalue weighted by atomic mass is 10.1. The van der Waals surface area contributed by atoms with Gasteiger partial charge in [-0.1, -0.05) is 25.7 Å². The Labute approximate surface area is 130 Å². The summed E-state index contributed by atoms with van der Waals surface area (Å²) in [6.45, 7) is 3.07. The minimum absolute atomic E-state index is 0.0622. The summed E-state index contributed by atoms with van der Waals surface area (Å²) in [4.78, 5) is 15.9. The van der Waals surface area contributed by atoms with Gasteiger partial charge in [0.15, 0.2) is 0 Å². The molecule has 2 N–H and O–H groups in total. The fourth-order valence-corrected chi connectivity index (χ4v) is 3.20. The van der Waals surface area contributed by atoms with Crippen molar-refractivity contribution in [1.29, 1.82) is 0 Å². The van der Waals surface area contributed by atoms with E-state index in [9.17, 15) is 4.79 Å². The largest absolute Gasteiger partial charge is 0.376 e. The topological polar surface area (TPSA) is 63.2 Å². The Morgan fingerprint density at radius 3 is 2.86 bits per heavy atom. The number of nitrogens with one attached hydrogen (secondary N) is 2. The molecule has 1 atom stereocenters. The summed E-state index contributed by atoms with van der Waals surface area (Å²) >= 11 is 1.54. The highest BCUT2D eigenvalue weighted by atomic mass is 32.1. The van der Waals surface area contributed by atoms with Gasteiger partial charge in [-0.15, -0.1) is 11.3 Å². The van der Waals surface area contributed by atoms with Gasteiger partial charge < -0.3 is 15.4 Å². The lowest BCUT2D eigenvalue weighted by molar-refractivity contribution is 0.0460. The van der Waals surface area contributed by atoms with Crippen LogP contribution in [0.4, 0.5) is 4.79 Å². The maximum Gasteiger partial charge on any atom is 0.315 e. The number of urea groups is 1. The molecule has 6 heteroatoms. The molecule has 1 unspecified atom stereocenters. The Morgan fingerprint density at radius 2 is 2.19 bits per heavy atom. The molecule has 1 aliphatic carbocycles. The van der Waals surface area contributed by atoms with Gasteiger partial charge in [0.1, 0.15) is 5.01 Å². The maximum absolute atomic E-state index is 11.8. The van der Waals surface area contributed by atoms with E-state index in [4.69, 9.17) is 4.74 Å². The molecule has 118 valence electrons. The number of ether oxygens (including phenoxy) is 1. The molecule has 5 nitrogen and oxygen atoms in total. The summed E-state index contributed by atoms with van der Waals surface area (Å²) in [6.07, 6.45) is 9.64. The number of carbonyl (C=O) groups is 1. The van der Waals surface area contributed by atoms with Crippen molar-refractivity contribution in [2.75, 3.05) is 13.2 Å². The monoisotopic (exact) mass is 311 g/mol. The number of rotatable bonds is 6. The summed E-state index contributed by atoms with van der Waals surface area (Å²) in [5, 5.41) is 8.53. The quantitative estimate of drug-likeness (QED) is 0.626. The molecule has 2 rings (SSSR count). The fraction of sp³-hybridized carbons (Fsp3) is 0.733. The zero-order valence-corrected chi connectivity index (χ0v) is 13.5. The lowest BCUT2D eigenvalue weighted by Crippen LogP contribution is -2.39. The number of carbonyl (C=O) groups excluding carboxylic acids is 1. The predicted molar refractivity (Wildman–Crippen MR) is 84.5 cm³/mol. The number of nitrogens with zero attached hydrogens (tertiary/aromatic N) is 1. The molecule has 0 saturated heterocycles. The van der Waals surface area contributed by atoms with Crippen molar-refractivity contribution in [2.45, 2.75) is 57.6 Å². The maximum atomic E-state index is 11.8. The summed E-state index contributed by atoms with van der Waals surface area (Å²) in [5.74, 6) is 0. The van der Waals surface area contributed by atoms with Crippen molar-refractivity contribution < 1.29 is 9.53 Å². The average Bonchev–Trinajstić information content (AvgIpc) is 2.89. The van der Waals surface area contributed by atoms with E-state index in [0.717, 1.165) is 17.8 Å². The number of thiazole rings is 1. The van der Waals surface area contributed by atoms with E-state index in [1.807, 2.05) is 12.3 Å². The Kier molecular flexibility index (Phi) is 6.95. The van der Waals surface area contributed by atoms with E-state index in [1.165, 1.54) is 25.7 Å². The van der Waals surface area contributed by atoms with Gasteiger partial charge in [0.05, 0.1) is 18.8 Å². The predicted octanol–water partition coefficient (Wildman–Crippen LogP) is 3.24. The van der Waals surface area contributed by atoms with Gasteiger partial charge >= 0.3 is 6.03 Å². The van der Waals surface area contributed by atoms with Gasteiger partial charge in [-0.05, 0) is 19.8 Å². The van der Waals surface area contributed by atoms with Crippen LogP contribution in [0.2, 0.25) is 0 Å². The number of hydrogen-bond acceptors (Lipinski definition) is 4. The number of aromatic nitrogens is 1. The highest BCUT2D eigenvalue weighted by Crippen LogP contribution is 2.19. The van der Waals surface area contributed by atoms with Gasteiger partial charge in [0, 0.05) is 18.1 Å². The Bertz CT molecular complexity index is 403. The van der Waals surface area contributed by atoms with Gasteiger partial charge in [0.2, 0.25) is 0 Å². The molecule has 1 saturated carbocycles. The van der Waals surface area contributed by atoms with Crippen LogP contribution in [0.1, 0.15) is 56.5 Å². The zero-order chi connectivity index (χ0) is 14.9. The third-order valence-corrected chi connectivity index (χ3v) is 4.67. The molecule has 0 radical (unpaired) electrons. The highest BCUT2D eigenvalue weighted by Gasteiger charge is 2.13. The first-order valence-corrected chi connectivity index (χ1v) is 8.69. The normalized spacial score (nSPS) is 18.0. The number of amides is 2. The molecule has 0 bridgehead atoms. The van der Waals surface area contributed by atoms with Crippen LogP contribution in [0.15, 0.2) is 11.6 Å². The Balaban J connectivity index is 1.56. The second-order valence-electron chi connectivity index (χ2n) is 5.48. The van der Waals surface area contributed by atoms with E-state index in [1.54, 1.807) is 17.5 Å². The van der Waals surface area contributed by atoms with Crippen LogP contribution in [0, 0.1) is 0 Å². The number of hydrogen-bond donors (Lipinski definition) is 2. The van der Waals surface area contributed by atoms with Gasteiger partial charge in [0.25, 0.3) is 0 Å². The zero-order valence-electron chi connectivity index (χ0n) is 12.6. The van der Waals surface area contributed by atoms with Crippen molar-refractivity contribution in [3.8, 4) is 0 Å². The molecule has 0 spiro atoms. The van der Waals surface area contributed by atoms with Crippen molar-refractivity contribution >= 4 is 17.4 Å². The molecule has 2 amide bonds. The van der Waals surface area contributed by atoms with Gasteiger partial charge in [-0.2, -0.15) is 0 Å². The molecule has 0 aliphatic heterocycles. The van der Waals surface area contributed by atoms with Crippen molar-refractivity contribution in [2.24, 2.45) is 0 Å². The summed E-state index contributed by atoms with van der Waals surface area (Å²) in [6, 6.07) is -0.227. The minimum atomic E-state index is -0.165. The molecule has 1 aromatic heterocycles. The van der Waals surface area contributed by atoms with Gasteiger partial charge in [-0.25, -0.2) is 9.78 Å². The van der Waals surface area contributed by atoms with Gasteiger partial charge in [-0.3, -0.25) is 0 Å². The molecule has 21 heavy (non-hydrogen) atoms. The third-order valence-electron chi connectivity index (χ3n) is 3.71. The first kappa shape index (κ1) is 16.2. The van der Waals surface area contributed by atoms with Crippen molar-refractivity contribution in [1.82, 2.24) is 15.6 Å². The molecular weight excluding hydrogens is 286 g/mol. The molecule has 1 fully saturated rings. The Morgan fingerprint density at radius 1 is 1.43 bits per heavy atom. The molecule has 0 aromatic carbocycles. The fourth-order valence-electron chi connectivity index (χ4n) is 2.56. The van der Waals surface area contributed by atoms with Crippen LogP contribution < -0.4 is 10.6 Å². The standard InChI is InChI=1S/C15H25N3O2S/c1-12(14-16-9-11-21-14)18-15(19)17-8-10-20-13-6-4-2-3-5-7-13/h9,11-13H,2-8,10H2,1H3,(H2,17,18,19). The molecular formula is C15H25N3O2S. The smallest absolute Gasteiger partial charge is 0.315 e. The second-order valence-corrected chi connectivity index (χ2v) is 6.40. The van der Waals surface area contributed by atoms with Crippen LogP contribution in [0.3, 0.4) is 0 Å². The van der Waals surface area contributed by atoms with Crippen LogP contribution in [-0.4, -0.2) is 30.3 Å². The Hall–Kier alpha value is -1.14. The van der Waals surface area contributed by atoms with Crippen LogP contribution >= 0.6 is 11.3 Å². The SMILES string of the molecule is CC(NC(=O)NCCOC1CCCCCC1)c1nccs1. The first-order valence-electron chi connectivity index (χ1n) is 7.81. The van der Waals surface area contributed by atoms with Crippen LogP contribution in [0.5, 0.6) is 0 Å². The first-order chi connectivity index (χ1) is 10.3. The van der Waals surface area contributed by atoms with E-state index >= 15 is 0 Å². The summed E-state index contributed by atoms with van der Waals surface area (Å²) in [5.41, 5.74) is 0. The minimum Gasteiger partial charge on any atom is -0.376 e. The molecule has 1 aliphatic rings. The summed E-state index contributed by atoms with van der Waals surface area (Å²) in [7, 11) is 0. The van der Waals surface area contributed by atoms with Crippen molar-refractivity contribution in [3.05, 3.63) is 16.6 Å². The van der Waals surface area contributed by atoms with E-state index < -0.39 is 0 Å². The average molecular weight is 311 g/mol. The van der Waals surface area contributed by atoms with Crippen molar-refractivity contribution in [3.63, 3.8) is 0 Å². The summed E-state index contributed by atoms with van der Waals surface area (Å²) < 4.78 is 5.84. The second kappa shape index (κ2) is 9.00. The highest BCUT2D eigenvalue weighted by molar-refractivity contribution is 7.09.